The van der Waals surface area contributed by atoms with Crippen molar-refractivity contribution in [1.29, 1.82) is 0 Å². The van der Waals surface area contributed by atoms with E-state index in [-0.39, 0.29) is 5.91 Å². The molecule has 0 saturated heterocycles. The summed E-state index contributed by atoms with van der Waals surface area (Å²) in [6.45, 7) is 2.24. The van der Waals surface area contributed by atoms with Crippen molar-refractivity contribution in [1.82, 2.24) is 15.1 Å². The lowest BCUT2D eigenvalue weighted by Gasteiger charge is -2.05. The standard InChI is InChI=1S/C17H17N3O3/c1-12-10-16(17(21)18-11-15-4-3-9-23-15)19-20(12)13-5-7-14(22-2)8-6-13/h3-10H,11H2,1-2H3,(H,18,21). The molecular formula is C17H17N3O3. The van der Waals surface area contributed by atoms with Gasteiger partial charge in [0.15, 0.2) is 5.69 Å². The van der Waals surface area contributed by atoms with Crippen LogP contribution in [0.4, 0.5) is 0 Å². The van der Waals surface area contributed by atoms with Gasteiger partial charge in [0, 0.05) is 5.69 Å². The van der Waals surface area contributed by atoms with Crippen LogP contribution < -0.4 is 10.1 Å². The molecule has 0 radical (unpaired) electrons. The second-order valence-corrected chi connectivity index (χ2v) is 5.04. The van der Waals surface area contributed by atoms with Crippen LogP contribution in [0.1, 0.15) is 21.9 Å². The third-order valence-corrected chi connectivity index (χ3v) is 3.44. The number of carbonyl (C=O) groups excluding carboxylic acids is 1. The minimum atomic E-state index is -0.239. The molecule has 6 nitrogen and oxygen atoms in total. The topological polar surface area (TPSA) is 69.3 Å². The SMILES string of the molecule is COc1ccc(-n2nc(C(=O)NCc3ccco3)cc2C)cc1. The first-order valence-electron chi connectivity index (χ1n) is 7.19. The van der Waals surface area contributed by atoms with Crippen molar-refractivity contribution in [3.8, 4) is 11.4 Å². The van der Waals surface area contributed by atoms with Crippen LogP contribution >= 0.6 is 0 Å². The number of aryl methyl sites for hydroxylation is 1. The van der Waals surface area contributed by atoms with Crippen LogP contribution in [-0.4, -0.2) is 22.8 Å². The average molecular weight is 311 g/mol. The molecule has 6 heteroatoms. The zero-order valence-electron chi connectivity index (χ0n) is 12.9. The van der Waals surface area contributed by atoms with Crippen LogP contribution in [0.2, 0.25) is 0 Å². The Bertz CT molecular complexity index is 789. The van der Waals surface area contributed by atoms with E-state index in [0.717, 1.165) is 17.1 Å². The summed E-state index contributed by atoms with van der Waals surface area (Å²) in [7, 11) is 1.62. The largest absolute Gasteiger partial charge is 0.497 e. The van der Waals surface area contributed by atoms with Gasteiger partial charge >= 0.3 is 0 Å². The summed E-state index contributed by atoms with van der Waals surface area (Å²) in [5.41, 5.74) is 2.11. The van der Waals surface area contributed by atoms with Gasteiger partial charge in [-0.25, -0.2) is 4.68 Å². The Morgan fingerprint density at radius 2 is 2.09 bits per heavy atom. The molecule has 0 unspecified atom stereocenters. The smallest absolute Gasteiger partial charge is 0.272 e. The summed E-state index contributed by atoms with van der Waals surface area (Å²) in [5.74, 6) is 1.23. The van der Waals surface area contributed by atoms with Crippen LogP contribution in [0.5, 0.6) is 5.75 Å². The van der Waals surface area contributed by atoms with E-state index in [1.165, 1.54) is 0 Å². The lowest BCUT2D eigenvalue weighted by atomic mass is 10.3. The predicted molar refractivity (Wildman–Crippen MR) is 84.7 cm³/mol. The zero-order valence-corrected chi connectivity index (χ0v) is 12.9. The Morgan fingerprint density at radius 1 is 1.30 bits per heavy atom. The average Bonchev–Trinajstić information content (AvgIpc) is 3.22. The van der Waals surface area contributed by atoms with Crippen molar-refractivity contribution in [2.24, 2.45) is 0 Å². The summed E-state index contributed by atoms with van der Waals surface area (Å²) < 4.78 is 12.1. The fourth-order valence-corrected chi connectivity index (χ4v) is 2.24. The number of ether oxygens (including phenoxy) is 1. The molecule has 0 aliphatic heterocycles. The Kier molecular flexibility index (Phi) is 4.14. The van der Waals surface area contributed by atoms with E-state index in [1.807, 2.05) is 37.3 Å². The van der Waals surface area contributed by atoms with Crippen LogP contribution in [0.15, 0.2) is 53.1 Å². The molecule has 0 bridgehead atoms. The molecule has 1 N–H and O–H groups in total. The number of carbonyl (C=O) groups is 1. The Balaban J connectivity index is 1.75. The zero-order chi connectivity index (χ0) is 16.2. The van der Waals surface area contributed by atoms with E-state index >= 15 is 0 Å². The molecule has 0 atom stereocenters. The minimum Gasteiger partial charge on any atom is -0.497 e. The Hall–Kier alpha value is -3.02. The van der Waals surface area contributed by atoms with Gasteiger partial charge in [-0.2, -0.15) is 5.10 Å². The van der Waals surface area contributed by atoms with Gasteiger partial charge in [0.25, 0.3) is 5.91 Å². The monoisotopic (exact) mass is 311 g/mol. The summed E-state index contributed by atoms with van der Waals surface area (Å²) in [6.07, 6.45) is 1.57. The highest BCUT2D eigenvalue weighted by Gasteiger charge is 2.13. The molecule has 3 aromatic rings. The number of hydrogen-bond donors (Lipinski definition) is 1. The number of benzene rings is 1. The number of furan rings is 1. The fraction of sp³-hybridized carbons (Fsp3) is 0.176. The number of rotatable bonds is 5. The van der Waals surface area contributed by atoms with E-state index in [2.05, 4.69) is 10.4 Å². The molecule has 2 aromatic heterocycles. The molecule has 3 rings (SSSR count). The van der Waals surface area contributed by atoms with Crippen molar-refractivity contribution in [3.63, 3.8) is 0 Å². The molecule has 2 heterocycles. The number of amides is 1. The third kappa shape index (κ3) is 3.26. The minimum absolute atomic E-state index is 0.239. The quantitative estimate of drug-likeness (QED) is 0.786. The molecule has 0 aliphatic carbocycles. The number of nitrogens with zero attached hydrogens (tertiary/aromatic N) is 2. The van der Waals surface area contributed by atoms with Gasteiger partial charge in [-0.15, -0.1) is 0 Å². The highest BCUT2D eigenvalue weighted by atomic mass is 16.5. The van der Waals surface area contributed by atoms with Gasteiger partial charge in [-0.05, 0) is 49.4 Å². The second kappa shape index (κ2) is 6.39. The molecule has 23 heavy (non-hydrogen) atoms. The van der Waals surface area contributed by atoms with Gasteiger partial charge < -0.3 is 14.5 Å². The molecule has 0 saturated carbocycles. The first kappa shape index (κ1) is 14.9. The van der Waals surface area contributed by atoms with Gasteiger partial charge in [-0.3, -0.25) is 4.79 Å². The molecule has 1 amide bonds. The van der Waals surface area contributed by atoms with Crippen molar-refractivity contribution in [2.75, 3.05) is 7.11 Å². The third-order valence-electron chi connectivity index (χ3n) is 3.44. The number of aromatic nitrogens is 2. The van der Waals surface area contributed by atoms with Gasteiger partial charge in [-0.1, -0.05) is 0 Å². The van der Waals surface area contributed by atoms with Crippen LogP contribution in [0.3, 0.4) is 0 Å². The number of methoxy groups -OCH3 is 1. The van der Waals surface area contributed by atoms with E-state index in [0.29, 0.717) is 18.0 Å². The van der Waals surface area contributed by atoms with Crippen molar-refractivity contribution < 1.29 is 13.9 Å². The molecule has 0 fully saturated rings. The van der Waals surface area contributed by atoms with Gasteiger partial charge in [0.05, 0.1) is 25.6 Å². The lowest BCUT2D eigenvalue weighted by Crippen LogP contribution is -2.23. The first-order chi connectivity index (χ1) is 11.2. The van der Waals surface area contributed by atoms with Gasteiger partial charge in [0.1, 0.15) is 11.5 Å². The predicted octanol–water partition coefficient (Wildman–Crippen LogP) is 2.71. The first-order valence-corrected chi connectivity index (χ1v) is 7.19. The highest BCUT2D eigenvalue weighted by Crippen LogP contribution is 2.16. The van der Waals surface area contributed by atoms with Crippen molar-refractivity contribution >= 4 is 5.91 Å². The summed E-state index contributed by atoms with van der Waals surface area (Å²) in [6, 6.07) is 12.8. The fourth-order valence-electron chi connectivity index (χ4n) is 2.24. The molecule has 1 aromatic carbocycles. The van der Waals surface area contributed by atoms with E-state index in [9.17, 15) is 4.79 Å². The molecule has 0 aliphatic rings. The maximum atomic E-state index is 12.2. The second-order valence-electron chi connectivity index (χ2n) is 5.04. The molecule has 0 spiro atoms. The summed E-state index contributed by atoms with van der Waals surface area (Å²) in [5, 5.41) is 7.15. The summed E-state index contributed by atoms with van der Waals surface area (Å²) in [4.78, 5) is 12.2. The van der Waals surface area contributed by atoms with Gasteiger partial charge in [0.2, 0.25) is 0 Å². The maximum absolute atomic E-state index is 12.2. The van der Waals surface area contributed by atoms with Crippen molar-refractivity contribution in [3.05, 3.63) is 65.9 Å². The Labute approximate surface area is 133 Å². The van der Waals surface area contributed by atoms with E-state index in [1.54, 1.807) is 30.2 Å². The maximum Gasteiger partial charge on any atom is 0.272 e. The molecule has 118 valence electrons. The lowest BCUT2D eigenvalue weighted by molar-refractivity contribution is 0.0942. The normalized spacial score (nSPS) is 10.5. The van der Waals surface area contributed by atoms with Crippen LogP contribution in [0, 0.1) is 6.92 Å². The van der Waals surface area contributed by atoms with Crippen LogP contribution in [0.25, 0.3) is 5.69 Å². The summed E-state index contributed by atoms with van der Waals surface area (Å²) >= 11 is 0. The number of nitrogens with one attached hydrogen (secondary N) is 1. The number of hydrogen-bond acceptors (Lipinski definition) is 4. The van der Waals surface area contributed by atoms with E-state index < -0.39 is 0 Å². The Morgan fingerprint density at radius 3 is 2.74 bits per heavy atom. The van der Waals surface area contributed by atoms with Crippen LogP contribution in [-0.2, 0) is 6.54 Å². The molecular weight excluding hydrogens is 294 g/mol. The van der Waals surface area contributed by atoms with E-state index in [4.69, 9.17) is 9.15 Å². The highest BCUT2D eigenvalue weighted by molar-refractivity contribution is 5.92. The van der Waals surface area contributed by atoms with Crippen molar-refractivity contribution in [2.45, 2.75) is 13.5 Å².